The largest absolute Gasteiger partial charge is 0.390 e. The van der Waals surface area contributed by atoms with Gasteiger partial charge >= 0.3 is 6.18 Å². The Morgan fingerprint density at radius 3 is 2.56 bits per heavy atom. The first-order valence-electron chi connectivity index (χ1n) is 4.88. The van der Waals surface area contributed by atoms with Gasteiger partial charge in [0.05, 0.1) is 18.7 Å². The quantitative estimate of drug-likeness (QED) is 0.732. The van der Waals surface area contributed by atoms with Gasteiger partial charge in [-0.05, 0) is 6.92 Å². The summed E-state index contributed by atoms with van der Waals surface area (Å²) in [5.74, 6) is 0. The predicted octanol–water partition coefficient (Wildman–Crippen LogP) is 0.441. The molecule has 0 aromatic carbocycles. The molecule has 0 saturated heterocycles. The van der Waals surface area contributed by atoms with E-state index < -0.39 is 35.8 Å². The molecule has 0 bridgehead atoms. The van der Waals surface area contributed by atoms with Crippen LogP contribution in [0.5, 0.6) is 0 Å². The number of rotatable bonds is 5. The van der Waals surface area contributed by atoms with E-state index in [0.717, 1.165) is 0 Å². The van der Waals surface area contributed by atoms with Crippen LogP contribution in [0.25, 0.3) is 0 Å². The summed E-state index contributed by atoms with van der Waals surface area (Å²) in [5, 5.41) is 14.8. The van der Waals surface area contributed by atoms with Crippen molar-refractivity contribution in [3.05, 3.63) is 11.4 Å². The Balaban J connectivity index is 2.84. The number of hydrogen-bond acceptors (Lipinski definition) is 4. The molecule has 0 aliphatic rings. The highest BCUT2D eigenvalue weighted by Crippen LogP contribution is 2.20. The molecule has 0 amide bonds. The monoisotopic (exact) mass is 287 g/mol. The van der Waals surface area contributed by atoms with Gasteiger partial charge in [-0.3, -0.25) is 5.10 Å². The summed E-state index contributed by atoms with van der Waals surface area (Å²) in [6.07, 6.45) is -5.70. The molecule has 1 aromatic rings. The molecule has 6 nitrogen and oxygen atoms in total. The Hall–Kier alpha value is -1.13. The van der Waals surface area contributed by atoms with Crippen molar-refractivity contribution < 1.29 is 26.7 Å². The molecular weight excluding hydrogens is 275 g/mol. The molecule has 1 rings (SSSR count). The van der Waals surface area contributed by atoms with E-state index in [-0.39, 0.29) is 16.3 Å². The Bertz CT molecular complexity index is 509. The number of aromatic nitrogens is 2. The SMILES string of the molecule is Cc1[nH]nc(CO)c1S(=O)(=O)NCCC(F)(F)F. The molecule has 0 unspecified atom stereocenters. The van der Waals surface area contributed by atoms with Crippen LogP contribution in [0.2, 0.25) is 0 Å². The van der Waals surface area contributed by atoms with Gasteiger partial charge in [-0.25, -0.2) is 13.1 Å². The van der Waals surface area contributed by atoms with Crippen LogP contribution in [0, 0.1) is 6.92 Å². The molecule has 0 spiro atoms. The normalized spacial score (nSPS) is 12.9. The zero-order chi connectivity index (χ0) is 14.0. The third kappa shape index (κ3) is 3.68. The van der Waals surface area contributed by atoms with E-state index in [1.54, 1.807) is 0 Å². The number of aliphatic hydroxyl groups is 1. The summed E-state index contributed by atoms with van der Waals surface area (Å²) in [6.45, 7) is 0.00561. The molecule has 1 aromatic heterocycles. The second-order valence-corrected chi connectivity index (χ2v) is 5.25. The third-order valence-electron chi connectivity index (χ3n) is 2.08. The maximum atomic E-state index is 11.9. The van der Waals surface area contributed by atoms with Gasteiger partial charge in [0.25, 0.3) is 0 Å². The van der Waals surface area contributed by atoms with Crippen LogP contribution in [0.4, 0.5) is 13.2 Å². The fourth-order valence-corrected chi connectivity index (χ4v) is 2.72. The molecule has 10 heteroatoms. The summed E-state index contributed by atoms with van der Waals surface area (Å²) in [4.78, 5) is -0.313. The minimum Gasteiger partial charge on any atom is -0.390 e. The summed E-state index contributed by atoms with van der Waals surface area (Å²) in [7, 11) is -4.12. The number of aromatic amines is 1. The molecule has 0 atom stereocenters. The lowest BCUT2D eigenvalue weighted by Crippen LogP contribution is -2.29. The van der Waals surface area contributed by atoms with Crippen LogP contribution in [-0.4, -0.2) is 36.4 Å². The van der Waals surface area contributed by atoms with Crippen LogP contribution in [-0.2, 0) is 16.6 Å². The Morgan fingerprint density at radius 2 is 2.06 bits per heavy atom. The molecule has 0 radical (unpaired) electrons. The van der Waals surface area contributed by atoms with Crippen molar-refractivity contribution >= 4 is 10.0 Å². The van der Waals surface area contributed by atoms with Crippen LogP contribution in [0.1, 0.15) is 17.8 Å². The van der Waals surface area contributed by atoms with E-state index in [2.05, 4.69) is 10.2 Å². The van der Waals surface area contributed by atoms with Gasteiger partial charge in [-0.15, -0.1) is 0 Å². The van der Waals surface area contributed by atoms with E-state index >= 15 is 0 Å². The van der Waals surface area contributed by atoms with Crippen molar-refractivity contribution in [2.75, 3.05) is 6.54 Å². The Kier molecular flexibility index (Phi) is 4.35. The fourth-order valence-electron chi connectivity index (χ4n) is 1.33. The molecule has 104 valence electrons. The second kappa shape index (κ2) is 5.24. The zero-order valence-corrected chi connectivity index (χ0v) is 10.2. The first kappa shape index (κ1) is 14.9. The van der Waals surface area contributed by atoms with Crippen molar-refractivity contribution in [3.8, 4) is 0 Å². The van der Waals surface area contributed by atoms with Gasteiger partial charge in [0.2, 0.25) is 10.0 Å². The first-order valence-corrected chi connectivity index (χ1v) is 6.37. The van der Waals surface area contributed by atoms with Crippen molar-refractivity contribution in [1.29, 1.82) is 0 Å². The summed E-state index contributed by atoms with van der Waals surface area (Å²) < 4.78 is 61.0. The number of hydrogen-bond donors (Lipinski definition) is 3. The number of nitrogens with one attached hydrogen (secondary N) is 2. The first-order chi connectivity index (χ1) is 8.17. The summed E-state index contributed by atoms with van der Waals surface area (Å²) >= 11 is 0. The molecular formula is C8H12F3N3O3S. The van der Waals surface area contributed by atoms with E-state index in [1.807, 2.05) is 4.72 Å². The molecule has 0 aliphatic carbocycles. The smallest absolute Gasteiger partial charge is 0.390 e. The van der Waals surface area contributed by atoms with Crippen LogP contribution in [0.3, 0.4) is 0 Å². The zero-order valence-electron chi connectivity index (χ0n) is 9.37. The van der Waals surface area contributed by atoms with E-state index in [4.69, 9.17) is 5.11 Å². The molecule has 0 aliphatic heterocycles. The number of H-pyrrole nitrogens is 1. The number of halogens is 3. The second-order valence-electron chi connectivity index (χ2n) is 3.55. The molecule has 3 N–H and O–H groups in total. The number of aliphatic hydroxyl groups excluding tert-OH is 1. The van der Waals surface area contributed by atoms with Crippen LogP contribution >= 0.6 is 0 Å². The fraction of sp³-hybridized carbons (Fsp3) is 0.625. The predicted molar refractivity (Wildman–Crippen MR) is 55.1 cm³/mol. The lowest BCUT2D eigenvalue weighted by Gasteiger charge is -2.09. The maximum absolute atomic E-state index is 11.9. The molecule has 18 heavy (non-hydrogen) atoms. The highest BCUT2D eigenvalue weighted by atomic mass is 32.2. The van der Waals surface area contributed by atoms with E-state index in [9.17, 15) is 21.6 Å². The minimum atomic E-state index is -4.44. The number of sulfonamides is 1. The average Bonchev–Trinajstić information content (AvgIpc) is 2.57. The highest BCUT2D eigenvalue weighted by Gasteiger charge is 2.29. The van der Waals surface area contributed by atoms with Crippen molar-refractivity contribution in [1.82, 2.24) is 14.9 Å². The van der Waals surface area contributed by atoms with Crippen LogP contribution < -0.4 is 4.72 Å². The maximum Gasteiger partial charge on any atom is 0.390 e. The van der Waals surface area contributed by atoms with Crippen LogP contribution in [0.15, 0.2) is 4.90 Å². The lowest BCUT2D eigenvalue weighted by atomic mass is 10.4. The third-order valence-corrected chi connectivity index (χ3v) is 3.74. The number of aryl methyl sites for hydroxylation is 1. The minimum absolute atomic E-state index is 0.132. The summed E-state index contributed by atoms with van der Waals surface area (Å²) in [5.41, 5.74) is 0.0190. The van der Waals surface area contributed by atoms with Gasteiger partial charge < -0.3 is 5.11 Å². The molecule has 0 fully saturated rings. The Morgan fingerprint density at radius 1 is 1.44 bits per heavy atom. The van der Waals surface area contributed by atoms with Gasteiger partial charge in [-0.1, -0.05) is 0 Å². The number of alkyl halides is 3. The molecule has 0 saturated carbocycles. The van der Waals surface area contributed by atoms with E-state index in [0.29, 0.717) is 0 Å². The lowest BCUT2D eigenvalue weighted by molar-refractivity contribution is -0.132. The van der Waals surface area contributed by atoms with Gasteiger partial charge in [0.15, 0.2) is 0 Å². The Labute approximate surface area is 101 Å². The molecule has 1 heterocycles. The van der Waals surface area contributed by atoms with Crippen molar-refractivity contribution in [2.24, 2.45) is 0 Å². The topological polar surface area (TPSA) is 95.1 Å². The van der Waals surface area contributed by atoms with Gasteiger partial charge in [0, 0.05) is 6.54 Å². The number of nitrogens with zero attached hydrogens (tertiary/aromatic N) is 1. The average molecular weight is 287 g/mol. The van der Waals surface area contributed by atoms with E-state index in [1.165, 1.54) is 6.92 Å². The van der Waals surface area contributed by atoms with Crippen molar-refractivity contribution in [3.63, 3.8) is 0 Å². The van der Waals surface area contributed by atoms with Gasteiger partial charge in [-0.2, -0.15) is 18.3 Å². The summed E-state index contributed by atoms with van der Waals surface area (Å²) in [6, 6.07) is 0. The highest BCUT2D eigenvalue weighted by molar-refractivity contribution is 7.89. The standard InChI is InChI=1S/C8H12F3N3O3S/c1-5-7(6(4-15)14-13-5)18(16,17)12-3-2-8(9,10)11/h12,15H,2-4H2,1H3,(H,13,14). The van der Waals surface area contributed by atoms with Gasteiger partial charge in [0.1, 0.15) is 10.6 Å². The van der Waals surface area contributed by atoms with Crippen molar-refractivity contribution in [2.45, 2.75) is 31.0 Å².